The van der Waals surface area contributed by atoms with Crippen molar-refractivity contribution in [1.82, 2.24) is 4.31 Å². The van der Waals surface area contributed by atoms with Crippen molar-refractivity contribution in [3.63, 3.8) is 0 Å². The molecule has 0 aromatic carbocycles. The molecule has 0 fully saturated rings. The van der Waals surface area contributed by atoms with Crippen LogP contribution in [0.4, 0.5) is 0 Å². The highest BCUT2D eigenvalue weighted by Gasteiger charge is 2.22. The lowest BCUT2D eigenvalue weighted by molar-refractivity contribution is 0.475. The molecule has 0 saturated carbocycles. The minimum Gasteiger partial charge on any atom is -0.206 e. The summed E-state index contributed by atoms with van der Waals surface area (Å²) in [7, 11) is -1.91. The van der Waals surface area contributed by atoms with Gasteiger partial charge in [-0.25, -0.2) is 8.42 Å². The van der Waals surface area contributed by atoms with Crippen molar-refractivity contribution in [3.8, 4) is 6.07 Å². The van der Waals surface area contributed by atoms with Gasteiger partial charge in [0.05, 0.1) is 0 Å². The molecule has 0 saturated heterocycles. The van der Waals surface area contributed by atoms with Crippen molar-refractivity contribution in [2.45, 2.75) is 10.6 Å². The monoisotopic (exact) mass is 312 g/mol. The second kappa shape index (κ2) is 5.84. The predicted molar refractivity (Wildman–Crippen MR) is 76.9 cm³/mol. The smallest absolute Gasteiger partial charge is 0.206 e. The van der Waals surface area contributed by atoms with Gasteiger partial charge >= 0.3 is 0 Å². The van der Waals surface area contributed by atoms with E-state index in [2.05, 4.69) is 0 Å². The summed E-state index contributed by atoms with van der Waals surface area (Å²) in [5, 5.41) is 10.7. The summed E-state index contributed by atoms with van der Waals surface area (Å²) >= 11 is 2.62. The Kier molecular flexibility index (Phi) is 4.37. The molecular weight excluding hydrogens is 300 g/mol. The van der Waals surface area contributed by atoms with Gasteiger partial charge in [-0.15, -0.1) is 22.7 Å². The molecule has 2 aromatic heterocycles. The number of thiophene rings is 2. The third-order valence-electron chi connectivity index (χ3n) is 2.61. The summed E-state index contributed by atoms with van der Waals surface area (Å²) in [6.07, 6.45) is 0.698. The maximum absolute atomic E-state index is 12.3. The second-order valence-electron chi connectivity index (χ2n) is 3.89. The van der Waals surface area contributed by atoms with E-state index in [1.165, 1.54) is 16.4 Å². The molecule has 4 nitrogen and oxygen atoms in total. The molecule has 100 valence electrons. The van der Waals surface area contributed by atoms with Gasteiger partial charge in [0.25, 0.3) is 10.0 Å². The van der Waals surface area contributed by atoms with E-state index >= 15 is 0 Å². The first-order valence-electron chi connectivity index (χ1n) is 5.52. The zero-order valence-corrected chi connectivity index (χ0v) is 12.7. The molecule has 2 rings (SSSR count). The van der Waals surface area contributed by atoms with Gasteiger partial charge in [0.1, 0.15) is 15.2 Å². The van der Waals surface area contributed by atoms with Crippen molar-refractivity contribution in [2.75, 3.05) is 13.6 Å². The van der Waals surface area contributed by atoms with Crippen molar-refractivity contribution >= 4 is 32.7 Å². The SMILES string of the molecule is CN(CCc1cccs1)S(=O)(=O)c1ccc(C#N)s1. The lowest BCUT2D eigenvalue weighted by Crippen LogP contribution is -2.28. The van der Waals surface area contributed by atoms with E-state index in [9.17, 15) is 8.42 Å². The largest absolute Gasteiger partial charge is 0.252 e. The topological polar surface area (TPSA) is 61.2 Å². The number of likely N-dealkylation sites (N-methyl/N-ethyl adjacent to an activating group) is 1. The van der Waals surface area contributed by atoms with Gasteiger partial charge in [-0.1, -0.05) is 6.07 Å². The second-order valence-corrected chi connectivity index (χ2v) is 8.27. The van der Waals surface area contributed by atoms with Gasteiger partial charge in [-0.3, -0.25) is 0 Å². The van der Waals surface area contributed by atoms with Crippen LogP contribution in [0.2, 0.25) is 0 Å². The van der Waals surface area contributed by atoms with Crippen LogP contribution in [0, 0.1) is 11.3 Å². The molecule has 0 radical (unpaired) electrons. The Morgan fingerprint density at radius 1 is 1.37 bits per heavy atom. The Morgan fingerprint density at radius 2 is 2.16 bits per heavy atom. The molecule has 7 heteroatoms. The zero-order valence-electron chi connectivity index (χ0n) is 10.2. The van der Waals surface area contributed by atoms with Crippen LogP contribution in [0.15, 0.2) is 33.9 Å². The molecule has 2 aromatic rings. The highest BCUT2D eigenvalue weighted by Crippen LogP contribution is 2.24. The Morgan fingerprint density at radius 3 is 2.74 bits per heavy atom. The summed E-state index contributed by atoms with van der Waals surface area (Å²) in [5.41, 5.74) is 0. The molecular formula is C12H12N2O2S3. The first-order chi connectivity index (χ1) is 9.04. The summed E-state index contributed by atoms with van der Waals surface area (Å²) in [5.74, 6) is 0. The van der Waals surface area contributed by atoms with E-state index in [4.69, 9.17) is 5.26 Å². The standard InChI is InChI=1S/C12H12N2O2S3/c1-14(7-6-10-3-2-8-17-10)19(15,16)12-5-4-11(9-13)18-12/h2-5,8H,6-7H2,1H3. The molecule has 0 spiro atoms. The van der Waals surface area contributed by atoms with E-state index in [1.807, 2.05) is 23.6 Å². The van der Waals surface area contributed by atoms with E-state index in [1.54, 1.807) is 18.4 Å². The minimum atomic E-state index is -3.48. The zero-order chi connectivity index (χ0) is 13.9. The van der Waals surface area contributed by atoms with Crippen LogP contribution in [0.1, 0.15) is 9.75 Å². The lowest BCUT2D eigenvalue weighted by atomic mass is 10.3. The number of nitriles is 1. The Hall–Kier alpha value is -1.20. The third-order valence-corrected chi connectivity index (χ3v) is 6.86. The molecule has 0 N–H and O–H groups in total. The Labute approximate surface area is 120 Å². The number of rotatable bonds is 5. The molecule has 0 atom stereocenters. The molecule has 0 aliphatic heterocycles. The van der Waals surface area contributed by atoms with E-state index < -0.39 is 10.0 Å². The Balaban J connectivity index is 2.08. The molecule has 0 bridgehead atoms. The molecule has 0 unspecified atom stereocenters. The van der Waals surface area contributed by atoms with E-state index in [0.717, 1.165) is 16.2 Å². The van der Waals surface area contributed by atoms with Crippen LogP contribution in [-0.4, -0.2) is 26.3 Å². The Bertz CT molecular complexity index is 681. The van der Waals surface area contributed by atoms with Crippen LogP contribution >= 0.6 is 22.7 Å². The lowest BCUT2D eigenvalue weighted by Gasteiger charge is -2.15. The van der Waals surface area contributed by atoms with Crippen LogP contribution in [0.3, 0.4) is 0 Å². The maximum Gasteiger partial charge on any atom is 0.252 e. The van der Waals surface area contributed by atoms with Crippen LogP contribution in [-0.2, 0) is 16.4 Å². The van der Waals surface area contributed by atoms with Gasteiger partial charge < -0.3 is 0 Å². The number of sulfonamides is 1. The number of hydrogen-bond acceptors (Lipinski definition) is 5. The predicted octanol–water partition coefficient (Wildman–Crippen LogP) is 2.54. The molecule has 19 heavy (non-hydrogen) atoms. The first-order valence-corrected chi connectivity index (χ1v) is 8.66. The van der Waals surface area contributed by atoms with E-state index in [-0.39, 0.29) is 4.21 Å². The summed E-state index contributed by atoms with van der Waals surface area (Å²) in [6, 6.07) is 8.91. The summed E-state index contributed by atoms with van der Waals surface area (Å²) < 4.78 is 26.1. The third kappa shape index (κ3) is 3.22. The highest BCUT2D eigenvalue weighted by molar-refractivity contribution is 7.91. The molecule has 0 aliphatic carbocycles. The van der Waals surface area contributed by atoms with Gasteiger partial charge in [0, 0.05) is 18.5 Å². The maximum atomic E-state index is 12.3. The molecule has 0 aliphatic rings. The van der Waals surface area contributed by atoms with Gasteiger partial charge in [-0.2, -0.15) is 9.57 Å². The normalized spacial score (nSPS) is 11.6. The quantitative estimate of drug-likeness (QED) is 0.852. The average molecular weight is 312 g/mol. The van der Waals surface area contributed by atoms with Gasteiger partial charge in [-0.05, 0) is 30.0 Å². The van der Waals surface area contributed by atoms with E-state index in [0.29, 0.717) is 17.8 Å². The van der Waals surface area contributed by atoms with Crippen molar-refractivity contribution in [3.05, 3.63) is 39.4 Å². The van der Waals surface area contributed by atoms with Gasteiger partial charge in [0.2, 0.25) is 0 Å². The summed E-state index contributed by atoms with van der Waals surface area (Å²) in [4.78, 5) is 1.57. The number of nitrogens with zero attached hydrogens (tertiary/aromatic N) is 2. The van der Waals surface area contributed by atoms with Crippen molar-refractivity contribution in [1.29, 1.82) is 5.26 Å². The van der Waals surface area contributed by atoms with Gasteiger partial charge in [0.15, 0.2) is 0 Å². The van der Waals surface area contributed by atoms with Crippen molar-refractivity contribution < 1.29 is 8.42 Å². The van der Waals surface area contributed by atoms with Crippen LogP contribution in [0.5, 0.6) is 0 Å². The fraction of sp³-hybridized carbons (Fsp3) is 0.250. The van der Waals surface area contributed by atoms with Crippen LogP contribution in [0.25, 0.3) is 0 Å². The van der Waals surface area contributed by atoms with Crippen molar-refractivity contribution in [2.24, 2.45) is 0 Å². The molecule has 2 heterocycles. The average Bonchev–Trinajstić information content (AvgIpc) is 3.06. The van der Waals surface area contributed by atoms with Crippen LogP contribution < -0.4 is 0 Å². The highest BCUT2D eigenvalue weighted by atomic mass is 32.2. The fourth-order valence-electron chi connectivity index (χ4n) is 1.52. The fourth-order valence-corrected chi connectivity index (χ4v) is 4.70. The number of hydrogen-bond donors (Lipinski definition) is 0. The minimum absolute atomic E-state index is 0.220. The first kappa shape index (κ1) is 14.2. The summed E-state index contributed by atoms with van der Waals surface area (Å²) in [6.45, 7) is 0.433. The molecule has 0 amide bonds.